The first-order valence-corrected chi connectivity index (χ1v) is 11.2. The van der Waals surface area contributed by atoms with Gasteiger partial charge in [0.1, 0.15) is 17.1 Å². The number of carbonyl (C=O) groups excluding carboxylic acids is 1. The number of benzene rings is 1. The van der Waals surface area contributed by atoms with Gasteiger partial charge >= 0.3 is 0 Å². The number of nitrogens with one attached hydrogen (secondary N) is 1. The molecule has 1 aliphatic heterocycles. The molecule has 0 radical (unpaired) electrons. The number of aromatic hydroxyl groups is 1. The summed E-state index contributed by atoms with van der Waals surface area (Å²) in [7, 11) is 0. The molecule has 1 unspecified atom stereocenters. The molecule has 1 amide bonds. The van der Waals surface area contributed by atoms with Gasteiger partial charge in [-0.2, -0.15) is 0 Å². The fourth-order valence-electron chi connectivity index (χ4n) is 5.25. The molecule has 0 saturated heterocycles. The maximum atomic E-state index is 12.7. The summed E-state index contributed by atoms with van der Waals surface area (Å²) >= 11 is 0. The van der Waals surface area contributed by atoms with Crippen molar-refractivity contribution in [1.82, 2.24) is 5.32 Å². The first-order chi connectivity index (χ1) is 13.6. The third-order valence-corrected chi connectivity index (χ3v) is 7.16. The van der Waals surface area contributed by atoms with Gasteiger partial charge in [0, 0.05) is 29.0 Å². The summed E-state index contributed by atoms with van der Waals surface area (Å²) in [4.78, 5) is 12.7. The van der Waals surface area contributed by atoms with Crippen molar-refractivity contribution >= 4 is 5.91 Å². The molecule has 1 heterocycles. The van der Waals surface area contributed by atoms with E-state index in [2.05, 4.69) is 52.1 Å². The largest absolute Gasteiger partial charge is 0.508 e. The normalized spacial score (nSPS) is 25.3. The minimum Gasteiger partial charge on any atom is -0.508 e. The lowest BCUT2D eigenvalue weighted by Gasteiger charge is -2.47. The first kappa shape index (κ1) is 20.3. The molecule has 2 atom stereocenters. The summed E-state index contributed by atoms with van der Waals surface area (Å²) < 4.78 is 6.46. The zero-order valence-electron chi connectivity index (χ0n) is 18.5. The summed E-state index contributed by atoms with van der Waals surface area (Å²) in [5.74, 6) is 1.52. The van der Waals surface area contributed by atoms with Crippen molar-refractivity contribution < 1.29 is 14.6 Å². The number of carbonyl (C=O) groups is 1. The highest BCUT2D eigenvalue weighted by Gasteiger charge is 2.47. The molecule has 29 heavy (non-hydrogen) atoms. The minimum atomic E-state index is -0.341. The molecule has 0 bridgehead atoms. The fraction of sp³-hybridized carbons (Fsp3) is 0.640. The van der Waals surface area contributed by atoms with Crippen molar-refractivity contribution in [3.8, 4) is 11.5 Å². The number of ether oxygens (including phenoxy) is 1. The van der Waals surface area contributed by atoms with Crippen molar-refractivity contribution in [3.63, 3.8) is 0 Å². The van der Waals surface area contributed by atoms with Crippen LogP contribution < -0.4 is 10.1 Å². The summed E-state index contributed by atoms with van der Waals surface area (Å²) in [5, 5.41) is 14.2. The van der Waals surface area contributed by atoms with E-state index in [1.54, 1.807) is 0 Å². The average molecular weight is 398 g/mol. The molecular formula is C25H35NO3. The van der Waals surface area contributed by atoms with Gasteiger partial charge in [0.25, 0.3) is 0 Å². The van der Waals surface area contributed by atoms with Gasteiger partial charge < -0.3 is 15.2 Å². The van der Waals surface area contributed by atoms with Crippen LogP contribution in [0.5, 0.6) is 11.5 Å². The summed E-state index contributed by atoms with van der Waals surface area (Å²) in [5.41, 5.74) is 2.50. The van der Waals surface area contributed by atoms with Crippen LogP contribution >= 0.6 is 0 Å². The van der Waals surface area contributed by atoms with E-state index in [0.29, 0.717) is 18.2 Å². The molecule has 1 saturated carbocycles. The lowest BCUT2D eigenvalue weighted by Crippen LogP contribution is -2.46. The Kier molecular flexibility index (Phi) is 4.95. The van der Waals surface area contributed by atoms with Crippen molar-refractivity contribution in [2.75, 3.05) is 0 Å². The van der Waals surface area contributed by atoms with E-state index in [1.807, 2.05) is 6.07 Å². The maximum absolute atomic E-state index is 12.7. The lowest BCUT2D eigenvalue weighted by molar-refractivity contribution is -0.118. The number of phenolic OH excluding ortho intramolecular Hbond substituents is 1. The molecule has 2 N–H and O–H groups in total. The molecule has 2 aliphatic carbocycles. The Hall–Kier alpha value is -1.97. The molecular weight excluding hydrogens is 362 g/mol. The van der Waals surface area contributed by atoms with E-state index >= 15 is 0 Å². The van der Waals surface area contributed by atoms with Gasteiger partial charge in [-0.3, -0.25) is 4.79 Å². The highest BCUT2D eigenvalue weighted by Crippen LogP contribution is 2.55. The second-order valence-corrected chi connectivity index (χ2v) is 10.4. The maximum Gasteiger partial charge on any atom is 0.247 e. The SMILES string of the molecule is CCCC(C)(C)c1cc(O)c2c(c1)OC(C)(C)[C@@H]1CC=C(C(=O)NC3CC3)CC21. The van der Waals surface area contributed by atoms with Crippen LogP contribution in [-0.4, -0.2) is 22.7 Å². The molecule has 0 spiro atoms. The third kappa shape index (κ3) is 3.78. The van der Waals surface area contributed by atoms with Crippen molar-refractivity contribution in [1.29, 1.82) is 0 Å². The van der Waals surface area contributed by atoms with Gasteiger partial charge in [0.15, 0.2) is 0 Å². The van der Waals surface area contributed by atoms with E-state index in [0.717, 1.165) is 54.6 Å². The van der Waals surface area contributed by atoms with Gasteiger partial charge in [-0.1, -0.05) is 33.3 Å². The van der Waals surface area contributed by atoms with Crippen LogP contribution in [-0.2, 0) is 10.2 Å². The van der Waals surface area contributed by atoms with Crippen LogP contribution in [0.1, 0.15) is 90.2 Å². The van der Waals surface area contributed by atoms with E-state index in [-0.39, 0.29) is 28.8 Å². The second kappa shape index (κ2) is 7.07. The van der Waals surface area contributed by atoms with Gasteiger partial charge in [0.2, 0.25) is 5.91 Å². The fourth-order valence-corrected chi connectivity index (χ4v) is 5.25. The molecule has 1 fully saturated rings. The highest BCUT2D eigenvalue weighted by atomic mass is 16.5. The van der Waals surface area contributed by atoms with Crippen molar-refractivity contribution in [2.24, 2.45) is 5.92 Å². The zero-order chi connectivity index (χ0) is 21.0. The number of phenols is 1. The average Bonchev–Trinajstić information content (AvgIpc) is 3.44. The van der Waals surface area contributed by atoms with Gasteiger partial charge in [0.05, 0.1) is 0 Å². The molecule has 4 nitrogen and oxygen atoms in total. The Balaban J connectivity index is 1.70. The van der Waals surface area contributed by atoms with Crippen LogP contribution in [0.15, 0.2) is 23.8 Å². The van der Waals surface area contributed by atoms with E-state index < -0.39 is 0 Å². The Labute approximate surface area is 174 Å². The second-order valence-electron chi connectivity index (χ2n) is 10.4. The quantitative estimate of drug-likeness (QED) is 0.705. The van der Waals surface area contributed by atoms with Crippen LogP contribution in [0, 0.1) is 5.92 Å². The predicted octanol–water partition coefficient (Wildman–Crippen LogP) is 5.34. The smallest absolute Gasteiger partial charge is 0.247 e. The van der Waals surface area contributed by atoms with Crippen LogP contribution in [0.4, 0.5) is 0 Å². The Morgan fingerprint density at radius 2 is 2.03 bits per heavy atom. The van der Waals surface area contributed by atoms with Gasteiger partial charge in [-0.15, -0.1) is 0 Å². The molecule has 4 rings (SSSR count). The summed E-state index contributed by atoms with van der Waals surface area (Å²) in [6, 6.07) is 4.41. The van der Waals surface area contributed by atoms with Crippen molar-refractivity contribution in [3.05, 3.63) is 34.9 Å². The highest BCUT2D eigenvalue weighted by molar-refractivity contribution is 5.94. The van der Waals surface area contributed by atoms with Crippen LogP contribution in [0.2, 0.25) is 0 Å². The standard InChI is InChI=1S/C25H35NO3/c1-6-11-24(2,3)16-13-20(27)22-18-12-15(23(28)26-17-8-9-17)7-10-19(18)25(4,5)29-21(22)14-16/h7,13-14,17-19,27H,6,8-12H2,1-5H3,(H,26,28)/t18?,19-/m1/s1. The van der Waals surface area contributed by atoms with E-state index in [4.69, 9.17) is 4.74 Å². The Bertz CT molecular complexity index is 848. The number of hydrogen-bond donors (Lipinski definition) is 2. The monoisotopic (exact) mass is 397 g/mol. The molecule has 3 aliphatic rings. The number of rotatable bonds is 5. The molecule has 4 heteroatoms. The third-order valence-electron chi connectivity index (χ3n) is 7.16. The van der Waals surface area contributed by atoms with Crippen LogP contribution in [0.25, 0.3) is 0 Å². The predicted molar refractivity (Wildman–Crippen MR) is 115 cm³/mol. The number of fused-ring (bicyclic) bond motifs is 3. The molecule has 158 valence electrons. The topological polar surface area (TPSA) is 58.6 Å². The lowest BCUT2D eigenvalue weighted by atomic mass is 9.66. The summed E-state index contributed by atoms with van der Waals surface area (Å²) in [6.07, 6.45) is 7.87. The Morgan fingerprint density at radius 1 is 1.31 bits per heavy atom. The van der Waals surface area contributed by atoms with E-state index in [9.17, 15) is 9.90 Å². The van der Waals surface area contributed by atoms with Gasteiger partial charge in [-0.05, 0) is 69.1 Å². The Morgan fingerprint density at radius 3 is 2.69 bits per heavy atom. The van der Waals surface area contributed by atoms with Gasteiger partial charge in [-0.25, -0.2) is 0 Å². The van der Waals surface area contributed by atoms with E-state index in [1.165, 1.54) is 0 Å². The number of hydrogen-bond acceptors (Lipinski definition) is 3. The molecule has 0 aromatic heterocycles. The van der Waals surface area contributed by atoms with Crippen LogP contribution in [0.3, 0.4) is 0 Å². The number of amides is 1. The summed E-state index contributed by atoms with van der Waals surface area (Å²) in [6.45, 7) is 10.9. The van der Waals surface area contributed by atoms with Crippen molar-refractivity contribution in [2.45, 2.75) is 96.1 Å². The minimum absolute atomic E-state index is 0.0204. The number of allylic oxidation sites excluding steroid dienone is 1. The zero-order valence-corrected chi connectivity index (χ0v) is 18.5. The first-order valence-electron chi connectivity index (χ1n) is 11.2. The molecule has 1 aromatic rings. The molecule has 1 aromatic carbocycles.